The van der Waals surface area contributed by atoms with Crippen LogP contribution in [0.1, 0.15) is 19.3 Å². The summed E-state index contributed by atoms with van der Waals surface area (Å²) in [6.45, 7) is 0.519. The summed E-state index contributed by atoms with van der Waals surface area (Å²) in [6.07, 6.45) is -5.42. The van der Waals surface area contributed by atoms with Crippen molar-refractivity contribution < 1.29 is 22.0 Å². The van der Waals surface area contributed by atoms with Gasteiger partial charge in [0.05, 0.1) is 6.42 Å². The highest BCUT2D eigenvalue weighted by molar-refractivity contribution is 4.90. The lowest BCUT2D eigenvalue weighted by Crippen LogP contribution is -2.44. The van der Waals surface area contributed by atoms with E-state index in [1.807, 2.05) is 0 Å². The highest BCUT2D eigenvalue weighted by atomic mass is 19.3. The molecule has 0 amide bonds. The van der Waals surface area contributed by atoms with Crippen molar-refractivity contribution in [2.75, 3.05) is 13.1 Å². The average molecular weight is 217 g/mol. The van der Waals surface area contributed by atoms with Crippen LogP contribution in [0.3, 0.4) is 0 Å². The smallest absolute Gasteiger partial charge is 0.310 e. The fraction of sp³-hybridized carbons (Fsp3) is 1.00. The van der Waals surface area contributed by atoms with E-state index in [4.69, 9.17) is 0 Å². The van der Waals surface area contributed by atoms with E-state index in [0.717, 1.165) is 0 Å². The zero-order valence-corrected chi connectivity index (χ0v) is 7.50. The summed E-state index contributed by atoms with van der Waals surface area (Å²) in [7, 11) is 0. The molecule has 0 aliphatic carbocycles. The summed E-state index contributed by atoms with van der Waals surface area (Å²) < 4.78 is 62.3. The molecule has 1 aliphatic rings. The van der Waals surface area contributed by atoms with Gasteiger partial charge in [-0.15, -0.1) is 0 Å². The van der Waals surface area contributed by atoms with Crippen LogP contribution in [0.25, 0.3) is 0 Å². The summed E-state index contributed by atoms with van der Waals surface area (Å²) in [6, 6.07) is 0. The molecule has 0 saturated carbocycles. The Morgan fingerprint density at radius 1 is 1.21 bits per heavy atom. The molecule has 1 fully saturated rings. The molecule has 0 radical (unpaired) electrons. The molecular weight excluding hydrogens is 205 g/mol. The fourth-order valence-electron chi connectivity index (χ4n) is 1.55. The molecule has 14 heavy (non-hydrogen) atoms. The second kappa shape index (κ2) is 4.00. The first-order valence-electron chi connectivity index (χ1n) is 4.41. The number of nitrogens with one attached hydrogen (secondary N) is 1. The molecule has 0 atom stereocenters. The fourth-order valence-corrected chi connectivity index (χ4v) is 1.55. The molecule has 0 spiro atoms. The van der Waals surface area contributed by atoms with Gasteiger partial charge in [-0.1, -0.05) is 0 Å². The Bertz CT molecular complexity index is 188. The van der Waals surface area contributed by atoms with E-state index in [1.54, 1.807) is 0 Å². The number of hydrogen-bond donors (Lipinski definition) is 1. The number of alkyl halides is 5. The van der Waals surface area contributed by atoms with Gasteiger partial charge in [-0.2, -0.15) is 0 Å². The highest BCUT2D eigenvalue weighted by Crippen LogP contribution is 2.38. The third-order valence-electron chi connectivity index (χ3n) is 2.37. The Morgan fingerprint density at radius 3 is 2.14 bits per heavy atom. The minimum absolute atomic E-state index is 0.130. The number of piperidine rings is 1. The van der Waals surface area contributed by atoms with Crippen LogP contribution in [-0.4, -0.2) is 31.1 Å². The first-order valence-corrected chi connectivity index (χ1v) is 4.41. The second-order valence-corrected chi connectivity index (χ2v) is 3.64. The lowest BCUT2D eigenvalue weighted by Gasteiger charge is -2.32. The van der Waals surface area contributed by atoms with Gasteiger partial charge in [0.15, 0.2) is 0 Å². The molecule has 1 aliphatic heterocycles. The molecule has 0 aromatic rings. The maximum Gasteiger partial charge on any atom is 0.310 e. The van der Waals surface area contributed by atoms with Crippen molar-refractivity contribution in [3.8, 4) is 0 Å². The Kier molecular flexibility index (Phi) is 3.34. The van der Waals surface area contributed by atoms with E-state index < -0.39 is 24.4 Å². The van der Waals surface area contributed by atoms with Crippen molar-refractivity contribution >= 4 is 0 Å². The summed E-state index contributed by atoms with van der Waals surface area (Å²) in [4.78, 5) is 0. The van der Waals surface area contributed by atoms with E-state index in [1.165, 1.54) is 0 Å². The minimum atomic E-state index is -4.22. The minimum Gasteiger partial charge on any atom is -0.316 e. The molecule has 1 saturated heterocycles. The van der Waals surface area contributed by atoms with Gasteiger partial charge in [-0.3, -0.25) is 0 Å². The SMILES string of the molecule is FC(F)C(F)(F)CC1(F)CCNCC1. The summed E-state index contributed by atoms with van der Waals surface area (Å²) in [5, 5.41) is 2.78. The molecule has 0 unspecified atom stereocenters. The summed E-state index contributed by atoms with van der Waals surface area (Å²) in [5.41, 5.74) is -2.15. The van der Waals surface area contributed by atoms with Crippen molar-refractivity contribution in [1.82, 2.24) is 5.32 Å². The van der Waals surface area contributed by atoms with Crippen LogP contribution in [0.4, 0.5) is 22.0 Å². The largest absolute Gasteiger partial charge is 0.316 e. The third kappa shape index (κ3) is 2.80. The standard InChI is InChI=1S/C8H12F5N/c9-6(10)8(12,13)5-7(11)1-3-14-4-2-7/h6,14H,1-5H2. The van der Waals surface area contributed by atoms with Crippen LogP contribution in [0.5, 0.6) is 0 Å². The van der Waals surface area contributed by atoms with Gasteiger partial charge in [0.2, 0.25) is 0 Å². The van der Waals surface area contributed by atoms with Crippen molar-refractivity contribution in [3.05, 3.63) is 0 Å². The quantitative estimate of drug-likeness (QED) is 0.715. The summed E-state index contributed by atoms with van der Waals surface area (Å²) >= 11 is 0. The molecular formula is C8H12F5N. The van der Waals surface area contributed by atoms with Crippen LogP contribution in [0.15, 0.2) is 0 Å². The Balaban J connectivity index is 2.56. The van der Waals surface area contributed by atoms with Crippen LogP contribution >= 0.6 is 0 Å². The van der Waals surface area contributed by atoms with Crippen LogP contribution in [0, 0.1) is 0 Å². The monoisotopic (exact) mass is 217 g/mol. The second-order valence-electron chi connectivity index (χ2n) is 3.64. The first kappa shape index (κ1) is 11.7. The zero-order valence-electron chi connectivity index (χ0n) is 7.50. The van der Waals surface area contributed by atoms with Gasteiger partial charge in [-0.25, -0.2) is 22.0 Å². The topological polar surface area (TPSA) is 12.0 Å². The Hall–Kier alpha value is -0.390. The Labute approximate surface area is 78.7 Å². The predicted molar refractivity (Wildman–Crippen MR) is 41.5 cm³/mol. The van der Waals surface area contributed by atoms with Crippen LogP contribution in [0.2, 0.25) is 0 Å². The van der Waals surface area contributed by atoms with Gasteiger partial charge in [-0.05, 0) is 25.9 Å². The molecule has 1 N–H and O–H groups in total. The maximum atomic E-state index is 13.6. The van der Waals surface area contributed by atoms with Crippen molar-refractivity contribution in [2.45, 2.75) is 37.3 Å². The van der Waals surface area contributed by atoms with E-state index in [9.17, 15) is 22.0 Å². The van der Waals surface area contributed by atoms with Gasteiger partial charge in [0.1, 0.15) is 5.67 Å². The molecule has 0 aromatic heterocycles. The number of halogens is 5. The average Bonchev–Trinajstić information content (AvgIpc) is 2.03. The molecule has 84 valence electrons. The Morgan fingerprint density at radius 2 is 1.71 bits per heavy atom. The van der Waals surface area contributed by atoms with Crippen molar-refractivity contribution in [2.24, 2.45) is 0 Å². The number of rotatable bonds is 3. The maximum absolute atomic E-state index is 13.6. The van der Waals surface area contributed by atoms with E-state index in [0.29, 0.717) is 0 Å². The van der Waals surface area contributed by atoms with Gasteiger partial charge < -0.3 is 5.32 Å². The molecule has 6 heteroatoms. The molecule has 1 nitrogen and oxygen atoms in total. The van der Waals surface area contributed by atoms with Gasteiger partial charge in [0.25, 0.3) is 0 Å². The zero-order chi connectivity index (χ0) is 10.8. The third-order valence-corrected chi connectivity index (χ3v) is 2.37. The van der Waals surface area contributed by atoms with E-state index in [-0.39, 0.29) is 25.9 Å². The lowest BCUT2D eigenvalue weighted by molar-refractivity contribution is -0.158. The lowest BCUT2D eigenvalue weighted by atomic mass is 9.88. The van der Waals surface area contributed by atoms with Crippen molar-refractivity contribution in [3.63, 3.8) is 0 Å². The molecule has 1 rings (SSSR count). The van der Waals surface area contributed by atoms with Gasteiger partial charge >= 0.3 is 12.3 Å². The number of hydrogen-bond acceptors (Lipinski definition) is 1. The van der Waals surface area contributed by atoms with E-state index in [2.05, 4.69) is 5.32 Å². The van der Waals surface area contributed by atoms with Crippen LogP contribution < -0.4 is 5.32 Å². The van der Waals surface area contributed by atoms with Gasteiger partial charge in [0, 0.05) is 0 Å². The van der Waals surface area contributed by atoms with Crippen LogP contribution in [-0.2, 0) is 0 Å². The highest BCUT2D eigenvalue weighted by Gasteiger charge is 2.49. The van der Waals surface area contributed by atoms with Crippen molar-refractivity contribution in [1.29, 1.82) is 0 Å². The van der Waals surface area contributed by atoms with E-state index >= 15 is 0 Å². The molecule has 0 aromatic carbocycles. The summed E-state index contributed by atoms with van der Waals surface area (Å²) in [5.74, 6) is -4.22. The normalized spacial score (nSPS) is 22.7. The molecule has 0 bridgehead atoms. The first-order chi connectivity index (χ1) is 6.36. The molecule has 1 heterocycles. The predicted octanol–water partition coefficient (Wildman–Crippen LogP) is 2.37.